The molecule has 0 fully saturated rings. The lowest BCUT2D eigenvalue weighted by Crippen LogP contribution is -2.14. The normalized spacial score (nSPS) is 13.8. The summed E-state index contributed by atoms with van der Waals surface area (Å²) in [6.07, 6.45) is 1.46. The molecule has 0 saturated carbocycles. The standard InChI is InChI=1S/C11H15ClO2S/c1-3-10-4-6-11(7-5-10)8-9(2)15(12,13)14/h4-7,9H,3,8H2,1-2H3. The third-order valence-corrected chi connectivity index (χ3v) is 4.48. The summed E-state index contributed by atoms with van der Waals surface area (Å²) < 4.78 is 22.0. The van der Waals surface area contributed by atoms with Crippen LogP contribution >= 0.6 is 10.7 Å². The van der Waals surface area contributed by atoms with Crippen LogP contribution in [0.25, 0.3) is 0 Å². The molecule has 0 spiro atoms. The topological polar surface area (TPSA) is 34.1 Å². The molecule has 0 amide bonds. The van der Waals surface area contributed by atoms with Gasteiger partial charge in [-0.1, -0.05) is 31.2 Å². The van der Waals surface area contributed by atoms with Gasteiger partial charge in [0.1, 0.15) is 0 Å². The minimum Gasteiger partial charge on any atom is -0.212 e. The number of halogens is 1. The van der Waals surface area contributed by atoms with Crippen LogP contribution in [0.5, 0.6) is 0 Å². The molecule has 84 valence electrons. The van der Waals surface area contributed by atoms with Gasteiger partial charge in [-0.3, -0.25) is 0 Å². The van der Waals surface area contributed by atoms with Crippen molar-refractivity contribution in [2.24, 2.45) is 0 Å². The molecule has 0 aliphatic carbocycles. The molecule has 0 N–H and O–H groups in total. The monoisotopic (exact) mass is 246 g/mol. The van der Waals surface area contributed by atoms with E-state index in [1.165, 1.54) is 5.56 Å². The van der Waals surface area contributed by atoms with E-state index in [4.69, 9.17) is 10.7 Å². The molecular formula is C11H15ClO2S. The molecule has 1 rings (SSSR count). The van der Waals surface area contributed by atoms with Crippen molar-refractivity contribution < 1.29 is 8.42 Å². The van der Waals surface area contributed by atoms with E-state index in [0.717, 1.165) is 12.0 Å². The van der Waals surface area contributed by atoms with Crippen molar-refractivity contribution in [3.63, 3.8) is 0 Å². The minimum atomic E-state index is -3.44. The Bertz CT molecular complexity index is 409. The lowest BCUT2D eigenvalue weighted by atomic mass is 10.1. The van der Waals surface area contributed by atoms with Crippen molar-refractivity contribution in [2.45, 2.75) is 31.9 Å². The summed E-state index contributed by atoms with van der Waals surface area (Å²) in [5.74, 6) is 0. The molecule has 15 heavy (non-hydrogen) atoms. The molecule has 0 aromatic heterocycles. The van der Waals surface area contributed by atoms with Gasteiger partial charge in [-0.2, -0.15) is 0 Å². The van der Waals surface area contributed by atoms with Gasteiger partial charge in [0.15, 0.2) is 0 Å². The number of hydrogen-bond donors (Lipinski definition) is 0. The fraction of sp³-hybridized carbons (Fsp3) is 0.455. The second kappa shape index (κ2) is 4.99. The number of benzene rings is 1. The predicted octanol–water partition coefficient (Wildman–Crippen LogP) is 2.75. The maximum Gasteiger partial charge on any atom is 0.235 e. The predicted molar refractivity (Wildman–Crippen MR) is 63.8 cm³/mol. The Balaban J connectivity index is 2.74. The number of aryl methyl sites for hydroxylation is 1. The fourth-order valence-electron chi connectivity index (χ4n) is 1.34. The lowest BCUT2D eigenvalue weighted by Gasteiger charge is -2.07. The summed E-state index contributed by atoms with van der Waals surface area (Å²) >= 11 is 0. The molecule has 1 aromatic carbocycles. The largest absolute Gasteiger partial charge is 0.235 e. The summed E-state index contributed by atoms with van der Waals surface area (Å²) in [5.41, 5.74) is 2.25. The van der Waals surface area contributed by atoms with E-state index in [1.807, 2.05) is 24.3 Å². The van der Waals surface area contributed by atoms with Crippen LogP contribution < -0.4 is 0 Å². The minimum absolute atomic E-state index is 0.468. The van der Waals surface area contributed by atoms with E-state index in [-0.39, 0.29) is 0 Å². The van der Waals surface area contributed by atoms with Gasteiger partial charge in [-0.05, 0) is 30.9 Å². The van der Waals surface area contributed by atoms with Crippen molar-refractivity contribution in [3.05, 3.63) is 35.4 Å². The second-order valence-corrected chi connectivity index (χ2v) is 6.71. The fourth-order valence-corrected chi connectivity index (χ4v) is 1.92. The molecule has 1 unspecified atom stereocenters. The van der Waals surface area contributed by atoms with Crippen molar-refractivity contribution >= 4 is 19.7 Å². The number of hydrogen-bond acceptors (Lipinski definition) is 2. The van der Waals surface area contributed by atoms with Gasteiger partial charge in [-0.15, -0.1) is 0 Å². The zero-order valence-electron chi connectivity index (χ0n) is 8.90. The highest BCUT2D eigenvalue weighted by Crippen LogP contribution is 2.14. The Hall–Kier alpha value is -0.540. The molecule has 0 heterocycles. The van der Waals surface area contributed by atoms with Crippen molar-refractivity contribution in [1.29, 1.82) is 0 Å². The maximum absolute atomic E-state index is 11.0. The third kappa shape index (κ3) is 3.84. The summed E-state index contributed by atoms with van der Waals surface area (Å²) in [4.78, 5) is 0. The summed E-state index contributed by atoms with van der Waals surface area (Å²) in [7, 11) is 1.82. The number of rotatable bonds is 4. The molecular weight excluding hydrogens is 232 g/mol. The molecule has 1 atom stereocenters. The summed E-state index contributed by atoms with van der Waals surface area (Å²) in [6.45, 7) is 3.71. The third-order valence-electron chi connectivity index (χ3n) is 2.43. The van der Waals surface area contributed by atoms with Gasteiger partial charge >= 0.3 is 0 Å². The van der Waals surface area contributed by atoms with Gasteiger partial charge in [0.2, 0.25) is 9.05 Å². The van der Waals surface area contributed by atoms with E-state index < -0.39 is 14.3 Å². The SMILES string of the molecule is CCc1ccc(CC(C)S(=O)(=O)Cl)cc1. The van der Waals surface area contributed by atoms with Crippen LogP contribution in [0.2, 0.25) is 0 Å². The Kier molecular flexibility index (Phi) is 4.17. The first-order valence-corrected chi connectivity index (χ1v) is 7.32. The molecule has 0 saturated heterocycles. The smallest absolute Gasteiger partial charge is 0.212 e. The van der Waals surface area contributed by atoms with Crippen molar-refractivity contribution in [1.82, 2.24) is 0 Å². The first-order valence-electron chi connectivity index (χ1n) is 4.94. The first-order chi connectivity index (χ1) is 6.93. The van der Waals surface area contributed by atoms with E-state index in [2.05, 4.69) is 6.92 Å². The van der Waals surface area contributed by atoms with Crippen molar-refractivity contribution in [3.8, 4) is 0 Å². The van der Waals surface area contributed by atoms with Gasteiger partial charge in [0.05, 0.1) is 5.25 Å². The van der Waals surface area contributed by atoms with Gasteiger partial charge < -0.3 is 0 Å². The van der Waals surface area contributed by atoms with Crippen LogP contribution in [0.15, 0.2) is 24.3 Å². The van der Waals surface area contributed by atoms with E-state index >= 15 is 0 Å². The van der Waals surface area contributed by atoms with Crippen LogP contribution in [0.1, 0.15) is 25.0 Å². The highest BCUT2D eigenvalue weighted by Gasteiger charge is 2.17. The molecule has 2 nitrogen and oxygen atoms in total. The van der Waals surface area contributed by atoms with E-state index in [9.17, 15) is 8.42 Å². The second-order valence-electron chi connectivity index (χ2n) is 3.66. The summed E-state index contributed by atoms with van der Waals surface area (Å²) in [6, 6.07) is 7.95. The molecule has 4 heteroatoms. The van der Waals surface area contributed by atoms with Gasteiger partial charge in [-0.25, -0.2) is 8.42 Å². The quantitative estimate of drug-likeness (QED) is 0.766. The Morgan fingerprint density at radius 1 is 1.20 bits per heavy atom. The maximum atomic E-state index is 11.0. The molecule has 0 radical (unpaired) electrons. The van der Waals surface area contributed by atoms with E-state index in [0.29, 0.717) is 6.42 Å². The van der Waals surface area contributed by atoms with Crippen LogP contribution in [0.4, 0.5) is 0 Å². The first kappa shape index (κ1) is 12.5. The zero-order valence-corrected chi connectivity index (χ0v) is 10.5. The van der Waals surface area contributed by atoms with Crippen molar-refractivity contribution in [2.75, 3.05) is 0 Å². The molecule has 0 aliphatic heterocycles. The summed E-state index contributed by atoms with van der Waals surface area (Å²) in [5, 5.41) is -0.536. The van der Waals surface area contributed by atoms with Crippen LogP contribution in [0, 0.1) is 0 Å². The van der Waals surface area contributed by atoms with Crippen LogP contribution in [-0.2, 0) is 21.9 Å². The van der Waals surface area contributed by atoms with Crippen LogP contribution in [0.3, 0.4) is 0 Å². The van der Waals surface area contributed by atoms with Gasteiger partial charge in [0, 0.05) is 10.7 Å². The van der Waals surface area contributed by atoms with Crippen LogP contribution in [-0.4, -0.2) is 13.7 Å². The van der Waals surface area contributed by atoms with E-state index in [1.54, 1.807) is 6.92 Å². The Labute approximate surface area is 95.7 Å². The van der Waals surface area contributed by atoms with Gasteiger partial charge in [0.25, 0.3) is 0 Å². The zero-order chi connectivity index (χ0) is 11.5. The molecule has 0 aliphatic rings. The average molecular weight is 247 g/mol. The Morgan fingerprint density at radius 3 is 2.07 bits per heavy atom. The molecule has 1 aromatic rings. The Morgan fingerprint density at radius 2 is 1.67 bits per heavy atom. The highest BCUT2D eigenvalue weighted by molar-refractivity contribution is 8.14. The highest BCUT2D eigenvalue weighted by atomic mass is 35.7. The molecule has 0 bridgehead atoms. The lowest BCUT2D eigenvalue weighted by molar-refractivity contribution is 0.597. The average Bonchev–Trinajstić information content (AvgIpc) is 2.17.